The number of halogens is 3. The molecule has 0 saturated heterocycles. The van der Waals surface area contributed by atoms with E-state index in [2.05, 4.69) is 4.98 Å². The van der Waals surface area contributed by atoms with Gasteiger partial charge in [0.15, 0.2) is 0 Å². The lowest BCUT2D eigenvalue weighted by molar-refractivity contribution is 0.0473. The number of carbonyl (C=O) groups is 1. The van der Waals surface area contributed by atoms with E-state index in [1.807, 2.05) is 0 Å². The van der Waals surface area contributed by atoms with Crippen molar-refractivity contribution >= 4 is 46.5 Å². The number of carbonyl (C=O) groups excluding carboxylic acids is 1. The van der Waals surface area contributed by atoms with E-state index in [0.717, 1.165) is 0 Å². The summed E-state index contributed by atoms with van der Waals surface area (Å²) in [6.07, 6.45) is 3.04. The third kappa shape index (κ3) is 3.33. The molecule has 4 nitrogen and oxygen atoms in total. The maximum Gasteiger partial charge on any atom is 0.338 e. The van der Waals surface area contributed by atoms with Gasteiger partial charge in [-0.3, -0.25) is 4.98 Å². The van der Waals surface area contributed by atoms with Gasteiger partial charge < -0.3 is 10.5 Å². The van der Waals surface area contributed by atoms with Crippen molar-refractivity contribution in [3.05, 3.63) is 56.8 Å². The summed E-state index contributed by atoms with van der Waals surface area (Å²) in [7, 11) is 0. The Morgan fingerprint density at radius 1 is 1.25 bits per heavy atom. The van der Waals surface area contributed by atoms with Gasteiger partial charge in [-0.15, -0.1) is 0 Å². The molecule has 2 N–H and O–H groups in total. The summed E-state index contributed by atoms with van der Waals surface area (Å²) in [6, 6.07) is 4.47. The van der Waals surface area contributed by atoms with Gasteiger partial charge in [0.2, 0.25) is 0 Å². The predicted octanol–water partition coefficient (Wildman–Crippen LogP) is 3.98. The number of nitrogens with zero attached hydrogens (tertiary/aromatic N) is 1. The molecule has 0 radical (unpaired) electrons. The fourth-order valence-electron chi connectivity index (χ4n) is 1.48. The minimum atomic E-state index is -0.567. The Morgan fingerprint density at radius 2 is 2.00 bits per heavy atom. The number of anilines is 1. The fourth-order valence-corrected chi connectivity index (χ4v) is 1.99. The molecule has 2 aromatic rings. The number of hydrogen-bond acceptors (Lipinski definition) is 4. The summed E-state index contributed by atoms with van der Waals surface area (Å²) >= 11 is 17.6. The molecule has 0 amide bonds. The van der Waals surface area contributed by atoms with Gasteiger partial charge in [0, 0.05) is 18.0 Å². The molecule has 0 bridgehead atoms. The number of aromatic nitrogens is 1. The maximum atomic E-state index is 11.9. The third-order valence-electron chi connectivity index (χ3n) is 2.51. The van der Waals surface area contributed by atoms with E-state index in [4.69, 9.17) is 45.3 Å². The van der Waals surface area contributed by atoms with Gasteiger partial charge in [0.25, 0.3) is 0 Å². The van der Waals surface area contributed by atoms with Crippen LogP contribution in [0.25, 0.3) is 0 Å². The lowest BCUT2D eigenvalue weighted by atomic mass is 10.2. The quantitative estimate of drug-likeness (QED) is 0.682. The van der Waals surface area contributed by atoms with Gasteiger partial charge in [-0.25, -0.2) is 4.79 Å². The molecular formula is C13H9Cl3N2O2. The van der Waals surface area contributed by atoms with Crippen LogP contribution in [0.15, 0.2) is 30.6 Å². The largest absolute Gasteiger partial charge is 0.457 e. The van der Waals surface area contributed by atoms with Crippen LogP contribution in [-0.2, 0) is 11.3 Å². The molecule has 0 unspecified atom stereocenters. The third-order valence-corrected chi connectivity index (χ3v) is 3.66. The van der Waals surface area contributed by atoms with E-state index in [1.54, 1.807) is 12.3 Å². The normalized spacial score (nSPS) is 10.3. The molecule has 0 aliphatic carbocycles. The Labute approximate surface area is 130 Å². The first-order valence-electron chi connectivity index (χ1n) is 5.49. The highest BCUT2D eigenvalue weighted by Crippen LogP contribution is 2.29. The highest BCUT2D eigenvalue weighted by Gasteiger charge is 2.13. The van der Waals surface area contributed by atoms with Crippen molar-refractivity contribution in [1.29, 1.82) is 0 Å². The van der Waals surface area contributed by atoms with Crippen molar-refractivity contribution in [2.45, 2.75) is 6.61 Å². The molecule has 1 heterocycles. The molecule has 2 rings (SSSR count). The highest BCUT2D eigenvalue weighted by atomic mass is 35.5. The van der Waals surface area contributed by atoms with Crippen LogP contribution in [0.4, 0.5) is 5.69 Å². The maximum absolute atomic E-state index is 11.9. The summed E-state index contributed by atoms with van der Waals surface area (Å²) in [4.78, 5) is 15.7. The van der Waals surface area contributed by atoms with Crippen LogP contribution in [-0.4, -0.2) is 11.0 Å². The summed E-state index contributed by atoms with van der Waals surface area (Å²) in [6.45, 7) is 0.0281. The van der Waals surface area contributed by atoms with E-state index >= 15 is 0 Å². The Hall–Kier alpha value is -1.49. The van der Waals surface area contributed by atoms with E-state index in [1.165, 1.54) is 18.3 Å². The first-order valence-corrected chi connectivity index (χ1v) is 6.62. The molecule has 0 aliphatic heterocycles. The molecule has 0 fully saturated rings. The average molecular weight is 332 g/mol. The van der Waals surface area contributed by atoms with Crippen LogP contribution in [0.5, 0.6) is 0 Å². The second kappa shape index (κ2) is 6.31. The molecule has 1 aromatic carbocycles. The molecule has 0 spiro atoms. The topological polar surface area (TPSA) is 65.2 Å². The van der Waals surface area contributed by atoms with Gasteiger partial charge in [-0.05, 0) is 18.2 Å². The zero-order valence-electron chi connectivity index (χ0n) is 10.1. The molecule has 1 aromatic heterocycles. The van der Waals surface area contributed by atoms with Crippen molar-refractivity contribution in [3.63, 3.8) is 0 Å². The summed E-state index contributed by atoms with van der Waals surface area (Å²) in [5.74, 6) is -0.567. The Balaban J connectivity index is 2.11. The molecule has 0 atom stereocenters. The molecule has 20 heavy (non-hydrogen) atoms. The van der Waals surface area contributed by atoms with Crippen LogP contribution >= 0.6 is 34.8 Å². The number of nitrogens with two attached hydrogens (primary N) is 1. The number of esters is 1. The number of hydrogen-bond donors (Lipinski definition) is 1. The number of benzene rings is 1. The molecule has 0 aliphatic rings. The van der Waals surface area contributed by atoms with Crippen molar-refractivity contribution in [1.82, 2.24) is 4.98 Å². The van der Waals surface area contributed by atoms with Crippen LogP contribution in [0.3, 0.4) is 0 Å². The summed E-state index contributed by atoms with van der Waals surface area (Å²) in [5, 5.41) is 0.829. The minimum absolute atomic E-state index is 0.0281. The number of rotatable bonds is 3. The zero-order chi connectivity index (χ0) is 14.7. The standard InChI is InChI=1S/C13H9Cl3N2O2/c14-9-3-8(4-11(17)12(9)16)13(19)20-6-7-1-2-18-5-10(7)15/h1-5H,6,17H2. The SMILES string of the molecule is Nc1cc(C(=O)OCc2ccncc2Cl)cc(Cl)c1Cl. The summed E-state index contributed by atoms with van der Waals surface area (Å²) in [5.41, 5.74) is 6.73. The van der Waals surface area contributed by atoms with Crippen LogP contribution in [0.2, 0.25) is 15.1 Å². The van der Waals surface area contributed by atoms with Gasteiger partial charge in [-0.1, -0.05) is 34.8 Å². The van der Waals surface area contributed by atoms with Crippen molar-refractivity contribution in [2.75, 3.05) is 5.73 Å². The van der Waals surface area contributed by atoms with Gasteiger partial charge in [0.1, 0.15) is 6.61 Å². The number of pyridine rings is 1. The fraction of sp³-hybridized carbons (Fsp3) is 0.0769. The van der Waals surface area contributed by atoms with Crippen molar-refractivity contribution in [3.8, 4) is 0 Å². The first-order chi connectivity index (χ1) is 9.49. The van der Waals surface area contributed by atoms with E-state index in [9.17, 15) is 4.79 Å². The summed E-state index contributed by atoms with van der Waals surface area (Å²) < 4.78 is 5.14. The average Bonchev–Trinajstić information content (AvgIpc) is 2.43. The monoisotopic (exact) mass is 330 g/mol. The van der Waals surface area contributed by atoms with Crippen LogP contribution in [0.1, 0.15) is 15.9 Å². The van der Waals surface area contributed by atoms with Crippen molar-refractivity contribution < 1.29 is 9.53 Å². The van der Waals surface area contributed by atoms with Crippen LogP contribution in [0, 0.1) is 0 Å². The van der Waals surface area contributed by atoms with Gasteiger partial charge in [-0.2, -0.15) is 0 Å². The van der Waals surface area contributed by atoms with Crippen LogP contribution < -0.4 is 5.73 Å². The van der Waals surface area contributed by atoms with Gasteiger partial charge in [0.05, 0.1) is 26.3 Å². The molecular weight excluding hydrogens is 323 g/mol. The minimum Gasteiger partial charge on any atom is -0.457 e. The van der Waals surface area contributed by atoms with Gasteiger partial charge >= 0.3 is 5.97 Å². The highest BCUT2D eigenvalue weighted by molar-refractivity contribution is 6.43. The number of ether oxygens (including phenoxy) is 1. The van der Waals surface area contributed by atoms with E-state index in [-0.39, 0.29) is 27.9 Å². The number of nitrogen functional groups attached to an aromatic ring is 1. The second-order valence-electron chi connectivity index (χ2n) is 3.90. The van der Waals surface area contributed by atoms with E-state index < -0.39 is 5.97 Å². The Kier molecular flexibility index (Phi) is 4.70. The van der Waals surface area contributed by atoms with E-state index in [0.29, 0.717) is 10.6 Å². The molecule has 0 saturated carbocycles. The second-order valence-corrected chi connectivity index (χ2v) is 5.10. The molecule has 104 valence electrons. The Morgan fingerprint density at radius 3 is 2.65 bits per heavy atom. The van der Waals surface area contributed by atoms with Crippen molar-refractivity contribution in [2.24, 2.45) is 0 Å². The predicted molar refractivity (Wildman–Crippen MR) is 79.2 cm³/mol. The lowest BCUT2D eigenvalue weighted by Gasteiger charge is -2.08. The molecule has 7 heteroatoms. The Bertz CT molecular complexity index is 639. The zero-order valence-corrected chi connectivity index (χ0v) is 12.3. The first kappa shape index (κ1) is 14.9. The lowest BCUT2D eigenvalue weighted by Crippen LogP contribution is -2.06. The smallest absolute Gasteiger partial charge is 0.338 e.